The van der Waals surface area contributed by atoms with Crippen molar-refractivity contribution in [3.8, 4) is 5.75 Å². The highest BCUT2D eigenvalue weighted by atomic mass is 16.5. The molecule has 1 aromatic carbocycles. The Morgan fingerprint density at radius 3 is 2.76 bits per heavy atom. The molecule has 0 spiro atoms. The second-order valence-corrected chi connectivity index (χ2v) is 6.03. The molecular weight excluding hydrogens is 266 g/mol. The molecule has 1 aromatic rings. The molecule has 1 saturated heterocycles. The maximum absolute atomic E-state index is 10.2. The minimum Gasteiger partial charge on any atom is -0.491 e. The molecule has 0 aromatic heterocycles. The molecule has 0 saturated carbocycles. The number of aliphatic hydroxyl groups is 2. The third kappa shape index (κ3) is 4.70. The second kappa shape index (κ2) is 7.78. The van der Waals surface area contributed by atoms with Crippen LogP contribution in [0.4, 0.5) is 0 Å². The number of aryl methyl sites for hydroxylation is 1. The monoisotopic (exact) mass is 293 g/mol. The number of likely N-dealkylation sites (tertiary alicyclic amines) is 1. The van der Waals surface area contributed by atoms with Crippen LogP contribution in [-0.4, -0.2) is 53.1 Å². The van der Waals surface area contributed by atoms with Gasteiger partial charge in [-0.15, -0.1) is 0 Å². The van der Waals surface area contributed by atoms with Gasteiger partial charge < -0.3 is 14.9 Å². The second-order valence-electron chi connectivity index (χ2n) is 6.03. The quantitative estimate of drug-likeness (QED) is 0.842. The van der Waals surface area contributed by atoms with E-state index in [4.69, 9.17) is 4.74 Å². The fraction of sp³-hybridized carbons (Fsp3) is 0.647. The van der Waals surface area contributed by atoms with Gasteiger partial charge in [-0.3, -0.25) is 4.90 Å². The molecule has 1 heterocycles. The lowest BCUT2D eigenvalue weighted by Crippen LogP contribution is -2.49. The first-order valence-electron chi connectivity index (χ1n) is 7.86. The van der Waals surface area contributed by atoms with Crippen molar-refractivity contribution < 1.29 is 14.9 Å². The summed E-state index contributed by atoms with van der Waals surface area (Å²) >= 11 is 0. The van der Waals surface area contributed by atoms with E-state index in [0.29, 0.717) is 6.54 Å². The number of hydrogen-bond donors (Lipinski definition) is 2. The Morgan fingerprint density at radius 2 is 2.05 bits per heavy atom. The van der Waals surface area contributed by atoms with Crippen molar-refractivity contribution >= 4 is 0 Å². The van der Waals surface area contributed by atoms with Crippen molar-refractivity contribution in [1.82, 2.24) is 4.90 Å². The standard InChI is InChI=1S/C17H27NO3/c1-13-7-3-4-9-17(13)21-12-15(20)11-18-10-6-5-8-16(18)14(2)19/h3-4,7,9,14-16,19-20H,5-6,8,10-12H2,1-2H3. The molecular formula is C17H27NO3. The fourth-order valence-electron chi connectivity index (χ4n) is 3.02. The van der Waals surface area contributed by atoms with E-state index >= 15 is 0 Å². The number of piperidine rings is 1. The number of β-amino-alcohol motifs (C(OH)–C–C–N with tert-alkyl or cyclic N) is 1. The minimum atomic E-state index is -0.538. The zero-order chi connectivity index (χ0) is 15.2. The smallest absolute Gasteiger partial charge is 0.122 e. The highest BCUT2D eigenvalue weighted by molar-refractivity contribution is 5.31. The Balaban J connectivity index is 1.83. The van der Waals surface area contributed by atoms with Gasteiger partial charge >= 0.3 is 0 Å². The topological polar surface area (TPSA) is 52.9 Å². The van der Waals surface area contributed by atoms with E-state index in [1.54, 1.807) is 0 Å². The number of ether oxygens (including phenoxy) is 1. The highest BCUT2D eigenvalue weighted by Gasteiger charge is 2.27. The van der Waals surface area contributed by atoms with Crippen LogP contribution in [0.15, 0.2) is 24.3 Å². The summed E-state index contributed by atoms with van der Waals surface area (Å²) in [4.78, 5) is 2.19. The Kier molecular flexibility index (Phi) is 6.03. The van der Waals surface area contributed by atoms with Crippen molar-refractivity contribution in [2.75, 3.05) is 19.7 Å². The molecule has 0 amide bonds. The molecule has 21 heavy (non-hydrogen) atoms. The van der Waals surface area contributed by atoms with Crippen molar-refractivity contribution in [1.29, 1.82) is 0 Å². The van der Waals surface area contributed by atoms with E-state index in [1.165, 1.54) is 0 Å². The van der Waals surface area contributed by atoms with Crippen LogP contribution in [0.5, 0.6) is 5.75 Å². The molecule has 118 valence electrons. The molecule has 3 unspecified atom stereocenters. The lowest BCUT2D eigenvalue weighted by atomic mass is 9.98. The predicted octanol–water partition coefficient (Wildman–Crippen LogP) is 1.97. The van der Waals surface area contributed by atoms with Crippen molar-refractivity contribution in [3.63, 3.8) is 0 Å². The molecule has 0 aliphatic carbocycles. The Morgan fingerprint density at radius 1 is 1.29 bits per heavy atom. The van der Waals surface area contributed by atoms with E-state index < -0.39 is 6.10 Å². The number of benzene rings is 1. The first-order valence-corrected chi connectivity index (χ1v) is 7.86. The first kappa shape index (κ1) is 16.3. The summed E-state index contributed by atoms with van der Waals surface area (Å²) in [5.41, 5.74) is 1.07. The molecule has 0 bridgehead atoms. The molecule has 4 heteroatoms. The van der Waals surface area contributed by atoms with E-state index in [0.717, 1.165) is 37.1 Å². The van der Waals surface area contributed by atoms with Crippen LogP contribution in [0.1, 0.15) is 31.7 Å². The van der Waals surface area contributed by atoms with Crippen LogP contribution in [0.3, 0.4) is 0 Å². The molecule has 1 aliphatic rings. The van der Waals surface area contributed by atoms with Crippen LogP contribution in [0.25, 0.3) is 0 Å². The normalized spacial score (nSPS) is 22.8. The number of nitrogens with zero attached hydrogens (tertiary/aromatic N) is 1. The first-order chi connectivity index (χ1) is 10.1. The number of rotatable bonds is 6. The van der Waals surface area contributed by atoms with Crippen molar-refractivity contribution in [3.05, 3.63) is 29.8 Å². The molecule has 4 nitrogen and oxygen atoms in total. The van der Waals surface area contributed by atoms with Crippen LogP contribution in [-0.2, 0) is 0 Å². The summed E-state index contributed by atoms with van der Waals surface area (Å²) in [7, 11) is 0. The minimum absolute atomic E-state index is 0.159. The lowest BCUT2D eigenvalue weighted by molar-refractivity contribution is -0.00283. The fourth-order valence-corrected chi connectivity index (χ4v) is 3.02. The van der Waals surface area contributed by atoms with Gasteiger partial charge in [-0.25, -0.2) is 0 Å². The Bertz CT molecular complexity index is 436. The van der Waals surface area contributed by atoms with E-state index in [1.807, 2.05) is 38.1 Å². The molecule has 1 fully saturated rings. The van der Waals surface area contributed by atoms with Gasteiger partial charge in [0.1, 0.15) is 18.5 Å². The van der Waals surface area contributed by atoms with Gasteiger partial charge in [-0.1, -0.05) is 24.6 Å². The Hall–Kier alpha value is -1.10. The summed E-state index contributed by atoms with van der Waals surface area (Å²) in [6, 6.07) is 7.98. The van der Waals surface area contributed by atoms with E-state index in [9.17, 15) is 10.2 Å². The lowest BCUT2D eigenvalue weighted by Gasteiger charge is -2.38. The molecule has 0 radical (unpaired) electrons. The van der Waals surface area contributed by atoms with Gasteiger partial charge in [0.25, 0.3) is 0 Å². The van der Waals surface area contributed by atoms with Gasteiger partial charge in [0, 0.05) is 12.6 Å². The third-order valence-corrected chi connectivity index (χ3v) is 4.19. The largest absolute Gasteiger partial charge is 0.491 e. The number of para-hydroxylation sites is 1. The van der Waals surface area contributed by atoms with Crippen LogP contribution < -0.4 is 4.74 Å². The average Bonchev–Trinajstić information content (AvgIpc) is 2.47. The molecule has 1 aliphatic heterocycles. The number of hydrogen-bond acceptors (Lipinski definition) is 4. The summed E-state index contributed by atoms with van der Waals surface area (Å²) in [5, 5.41) is 20.1. The van der Waals surface area contributed by atoms with Gasteiger partial charge in [-0.2, -0.15) is 0 Å². The maximum atomic E-state index is 10.2. The highest BCUT2D eigenvalue weighted by Crippen LogP contribution is 2.20. The summed E-state index contributed by atoms with van der Waals surface area (Å²) in [6.07, 6.45) is 2.40. The van der Waals surface area contributed by atoms with Gasteiger partial charge in [-0.05, 0) is 44.9 Å². The molecule has 3 atom stereocenters. The number of aliphatic hydroxyl groups excluding tert-OH is 2. The van der Waals surface area contributed by atoms with Crippen LogP contribution >= 0.6 is 0 Å². The average molecular weight is 293 g/mol. The summed E-state index contributed by atoms with van der Waals surface area (Å²) in [5.74, 6) is 0.822. The summed E-state index contributed by atoms with van der Waals surface area (Å²) < 4.78 is 5.70. The predicted molar refractivity (Wildman–Crippen MR) is 83.6 cm³/mol. The van der Waals surface area contributed by atoms with Gasteiger partial charge in [0.15, 0.2) is 0 Å². The zero-order valence-electron chi connectivity index (χ0n) is 13.0. The van der Waals surface area contributed by atoms with E-state index in [2.05, 4.69) is 4.90 Å². The van der Waals surface area contributed by atoms with Crippen LogP contribution in [0.2, 0.25) is 0 Å². The van der Waals surface area contributed by atoms with Gasteiger partial charge in [0.05, 0.1) is 6.10 Å². The molecule has 2 N–H and O–H groups in total. The van der Waals surface area contributed by atoms with Crippen molar-refractivity contribution in [2.24, 2.45) is 0 Å². The van der Waals surface area contributed by atoms with Gasteiger partial charge in [0.2, 0.25) is 0 Å². The van der Waals surface area contributed by atoms with E-state index in [-0.39, 0.29) is 18.8 Å². The maximum Gasteiger partial charge on any atom is 0.122 e. The zero-order valence-corrected chi connectivity index (χ0v) is 13.0. The molecule has 2 rings (SSSR count). The summed E-state index contributed by atoms with van der Waals surface area (Å²) in [6.45, 7) is 5.61. The van der Waals surface area contributed by atoms with Crippen LogP contribution in [0, 0.1) is 6.92 Å². The van der Waals surface area contributed by atoms with Crippen molar-refractivity contribution in [2.45, 2.75) is 51.4 Å². The Labute approximate surface area is 127 Å². The third-order valence-electron chi connectivity index (χ3n) is 4.19. The SMILES string of the molecule is Cc1ccccc1OCC(O)CN1CCCCC1C(C)O.